The van der Waals surface area contributed by atoms with Gasteiger partial charge in [-0.1, -0.05) is 35.9 Å². The van der Waals surface area contributed by atoms with Crippen LogP contribution in [0.4, 0.5) is 29.1 Å². The molecule has 0 spiro atoms. The second-order valence-corrected chi connectivity index (χ2v) is 11.8. The number of aromatic nitrogens is 2. The molecule has 210 valence electrons. The first-order valence-corrected chi connectivity index (χ1v) is 14.2. The molecular weight excluding hydrogens is 584 g/mol. The van der Waals surface area contributed by atoms with Crippen LogP contribution in [0.3, 0.4) is 0 Å². The van der Waals surface area contributed by atoms with Gasteiger partial charge in [-0.25, -0.2) is 40.7 Å². The molecule has 1 N–H and O–H groups in total. The molecule has 1 saturated heterocycles. The van der Waals surface area contributed by atoms with E-state index in [-0.39, 0.29) is 13.1 Å². The van der Waals surface area contributed by atoms with Gasteiger partial charge >= 0.3 is 0 Å². The molecule has 3 aromatic carbocycles. The van der Waals surface area contributed by atoms with Crippen LogP contribution >= 0.6 is 11.6 Å². The van der Waals surface area contributed by atoms with Crippen LogP contribution in [0.1, 0.15) is 16.8 Å². The average Bonchev–Trinajstić information content (AvgIpc) is 2.93. The SMILES string of the molecule is N#Cc1c(F)c(F)c(S(=O)(=O)NC2CN(c3ncnc4c3CCN(c3cccc5cccc(Cl)c35)C4)C2)c(F)c1F. The van der Waals surface area contributed by atoms with Crippen LogP contribution in [-0.2, 0) is 23.0 Å². The number of rotatable bonds is 5. The summed E-state index contributed by atoms with van der Waals surface area (Å²) in [5.74, 6) is -7.87. The maximum atomic E-state index is 14.4. The first kappa shape index (κ1) is 27.2. The Morgan fingerprint density at radius 2 is 1.66 bits per heavy atom. The first-order valence-electron chi connectivity index (χ1n) is 12.4. The van der Waals surface area contributed by atoms with Crippen molar-refractivity contribution >= 4 is 43.9 Å². The minimum atomic E-state index is -5.00. The van der Waals surface area contributed by atoms with Gasteiger partial charge in [0.25, 0.3) is 0 Å². The van der Waals surface area contributed by atoms with E-state index in [0.29, 0.717) is 30.4 Å². The number of fused-ring (bicyclic) bond motifs is 2. The second kappa shape index (κ2) is 10.1. The highest BCUT2D eigenvalue weighted by molar-refractivity contribution is 7.89. The van der Waals surface area contributed by atoms with Gasteiger partial charge in [0.05, 0.1) is 23.3 Å². The third-order valence-corrected chi connectivity index (χ3v) is 9.12. The summed E-state index contributed by atoms with van der Waals surface area (Å²) in [5.41, 5.74) is 1.13. The lowest BCUT2D eigenvalue weighted by Gasteiger charge is -2.42. The van der Waals surface area contributed by atoms with E-state index in [0.717, 1.165) is 33.8 Å². The predicted octanol–water partition coefficient (Wildman–Crippen LogP) is 4.44. The van der Waals surface area contributed by atoms with Crippen molar-refractivity contribution in [3.63, 3.8) is 0 Å². The molecule has 0 bridgehead atoms. The molecule has 8 nitrogen and oxygen atoms in total. The summed E-state index contributed by atoms with van der Waals surface area (Å²) < 4.78 is 84.2. The highest BCUT2D eigenvalue weighted by atomic mass is 35.5. The van der Waals surface area contributed by atoms with Gasteiger partial charge in [0.2, 0.25) is 10.0 Å². The van der Waals surface area contributed by atoms with Gasteiger partial charge in [-0.05, 0) is 23.9 Å². The van der Waals surface area contributed by atoms with Gasteiger partial charge in [-0.15, -0.1) is 0 Å². The number of nitrogens with zero attached hydrogens (tertiary/aromatic N) is 5. The Hall–Kier alpha value is -3.99. The van der Waals surface area contributed by atoms with Crippen LogP contribution in [-0.4, -0.2) is 44.1 Å². The van der Waals surface area contributed by atoms with Crippen molar-refractivity contribution in [3.8, 4) is 6.07 Å². The Balaban J connectivity index is 1.20. The minimum Gasteiger partial charge on any atom is -0.365 e. The lowest BCUT2D eigenvalue weighted by molar-refractivity contribution is 0.410. The predicted molar refractivity (Wildman–Crippen MR) is 143 cm³/mol. The van der Waals surface area contributed by atoms with E-state index in [1.54, 1.807) is 4.90 Å². The highest BCUT2D eigenvalue weighted by Gasteiger charge is 2.38. The summed E-state index contributed by atoms with van der Waals surface area (Å²) in [4.78, 5) is 11.0. The largest absolute Gasteiger partial charge is 0.365 e. The van der Waals surface area contributed by atoms with Gasteiger partial charge in [-0.2, -0.15) is 5.26 Å². The molecule has 0 atom stereocenters. The lowest BCUT2D eigenvalue weighted by atomic mass is 10.0. The fourth-order valence-electron chi connectivity index (χ4n) is 5.30. The molecule has 2 aliphatic rings. The Bertz CT molecular complexity index is 1840. The van der Waals surface area contributed by atoms with Gasteiger partial charge in [0.1, 0.15) is 23.8 Å². The molecule has 0 unspecified atom stereocenters. The Kier molecular flexibility index (Phi) is 6.72. The van der Waals surface area contributed by atoms with E-state index in [9.17, 15) is 26.0 Å². The van der Waals surface area contributed by atoms with Gasteiger partial charge in [-0.3, -0.25) is 0 Å². The van der Waals surface area contributed by atoms with Gasteiger partial charge in [0.15, 0.2) is 28.2 Å². The molecule has 0 radical (unpaired) electrons. The first-order chi connectivity index (χ1) is 19.6. The Labute approximate surface area is 236 Å². The minimum absolute atomic E-state index is 0.0931. The maximum Gasteiger partial charge on any atom is 0.247 e. The monoisotopic (exact) mass is 602 g/mol. The van der Waals surface area contributed by atoms with E-state index in [1.807, 2.05) is 36.4 Å². The molecule has 0 amide bonds. The van der Waals surface area contributed by atoms with Crippen molar-refractivity contribution in [2.75, 3.05) is 29.4 Å². The number of sulfonamides is 1. The topological polar surface area (TPSA) is 102 Å². The summed E-state index contributed by atoms with van der Waals surface area (Å²) in [6, 6.07) is 11.9. The quantitative estimate of drug-likeness (QED) is 0.266. The summed E-state index contributed by atoms with van der Waals surface area (Å²) in [5, 5.41) is 11.3. The van der Waals surface area contributed by atoms with Gasteiger partial charge in [0, 0.05) is 36.3 Å². The number of nitrogens with one attached hydrogen (secondary N) is 1. The molecule has 6 rings (SSSR count). The summed E-state index contributed by atoms with van der Waals surface area (Å²) in [6.07, 6.45) is 2.01. The van der Waals surface area contributed by atoms with Gasteiger partial charge < -0.3 is 9.80 Å². The van der Waals surface area contributed by atoms with Crippen LogP contribution in [0.2, 0.25) is 5.02 Å². The van der Waals surface area contributed by atoms with E-state index in [1.165, 1.54) is 6.33 Å². The number of anilines is 2. The molecule has 0 aliphatic carbocycles. The number of benzene rings is 3. The van der Waals surface area contributed by atoms with Crippen LogP contribution < -0.4 is 14.5 Å². The molecule has 3 heterocycles. The fraction of sp³-hybridized carbons (Fsp3) is 0.222. The van der Waals surface area contributed by atoms with Crippen molar-refractivity contribution in [1.82, 2.24) is 14.7 Å². The molecule has 2 aliphatic heterocycles. The third kappa shape index (κ3) is 4.52. The van der Waals surface area contributed by atoms with E-state index >= 15 is 0 Å². The Morgan fingerprint density at radius 3 is 2.34 bits per heavy atom. The summed E-state index contributed by atoms with van der Waals surface area (Å²) >= 11 is 6.52. The van der Waals surface area contributed by atoms with E-state index < -0.39 is 49.8 Å². The number of halogens is 5. The van der Waals surface area contributed by atoms with Crippen LogP contribution in [0.15, 0.2) is 47.6 Å². The van der Waals surface area contributed by atoms with E-state index in [4.69, 9.17) is 16.9 Å². The second-order valence-electron chi connectivity index (χ2n) is 9.70. The number of nitriles is 1. The molecular formula is C27H19ClF4N6O2S. The zero-order chi connectivity index (χ0) is 29.1. The van der Waals surface area contributed by atoms with Crippen molar-refractivity contribution in [1.29, 1.82) is 5.26 Å². The molecule has 41 heavy (non-hydrogen) atoms. The summed E-state index contributed by atoms with van der Waals surface area (Å²) in [7, 11) is -5.00. The molecule has 1 aromatic heterocycles. The maximum absolute atomic E-state index is 14.4. The zero-order valence-corrected chi connectivity index (χ0v) is 22.6. The van der Waals surface area contributed by atoms with Crippen LogP contribution in [0.25, 0.3) is 10.8 Å². The third-order valence-electron chi connectivity index (χ3n) is 7.26. The number of hydrogen-bond donors (Lipinski definition) is 1. The Morgan fingerprint density at radius 1 is 0.976 bits per heavy atom. The standard InChI is InChI=1S/C27H19ClF4N6O2S/c28-18-5-1-3-14-4-2-6-20(21(14)18)37-8-7-16-19(12-37)34-13-35-27(16)38-10-15(11-38)36-41(39,40)26-24(31)22(29)17(9-33)23(30)25(26)32/h1-6,13,15,36H,7-8,10-12H2. The normalized spacial score (nSPS) is 15.5. The molecule has 0 saturated carbocycles. The van der Waals surface area contributed by atoms with Crippen molar-refractivity contribution in [2.45, 2.75) is 23.9 Å². The van der Waals surface area contributed by atoms with Crippen LogP contribution in [0.5, 0.6) is 0 Å². The average molecular weight is 603 g/mol. The fourth-order valence-corrected chi connectivity index (χ4v) is 6.94. The highest BCUT2D eigenvalue weighted by Crippen LogP contribution is 2.37. The van der Waals surface area contributed by atoms with E-state index in [2.05, 4.69) is 19.6 Å². The van der Waals surface area contributed by atoms with Crippen LogP contribution in [0, 0.1) is 34.6 Å². The summed E-state index contributed by atoms with van der Waals surface area (Å²) in [6.45, 7) is 1.33. The smallest absolute Gasteiger partial charge is 0.247 e. The molecule has 4 aromatic rings. The van der Waals surface area contributed by atoms with Crippen molar-refractivity contribution in [2.24, 2.45) is 0 Å². The molecule has 1 fully saturated rings. The van der Waals surface area contributed by atoms with Crippen molar-refractivity contribution in [3.05, 3.63) is 87.8 Å². The zero-order valence-electron chi connectivity index (χ0n) is 21.0. The van der Waals surface area contributed by atoms with Crippen molar-refractivity contribution < 1.29 is 26.0 Å². The number of hydrogen-bond acceptors (Lipinski definition) is 7. The molecule has 14 heteroatoms. The lowest BCUT2D eigenvalue weighted by Crippen LogP contribution is -2.60.